The Morgan fingerprint density at radius 2 is 1.84 bits per heavy atom. The van der Waals surface area contributed by atoms with E-state index in [2.05, 4.69) is 5.32 Å². The summed E-state index contributed by atoms with van der Waals surface area (Å²) in [6, 6.07) is 13.1. The third-order valence-corrected chi connectivity index (χ3v) is 6.91. The van der Waals surface area contributed by atoms with Gasteiger partial charge in [-0.2, -0.15) is 0 Å². The molecule has 2 aliphatic heterocycles. The summed E-state index contributed by atoms with van der Waals surface area (Å²) >= 11 is 1.55. The minimum absolute atomic E-state index is 0.00507. The average Bonchev–Trinajstić information content (AvgIpc) is 2.92. The lowest BCUT2D eigenvalue weighted by atomic mass is 10.0. The maximum Gasteiger partial charge on any atom is 0.409 e. The molecule has 0 aromatic heterocycles. The highest BCUT2D eigenvalue weighted by Crippen LogP contribution is 2.41. The smallest absolute Gasteiger partial charge is 0.409 e. The first kappa shape index (κ1) is 22.2. The number of rotatable bonds is 4. The molecule has 1 fully saturated rings. The third-order valence-electron chi connectivity index (χ3n) is 5.77. The lowest BCUT2D eigenvalue weighted by Crippen LogP contribution is -2.46. The van der Waals surface area contributed by atoms with Crippen LogP contribution >= 0.6 is 11.8 Å². The molecule has 1 N–H and O–H groups in total. The van der Waals surface area contributed by atoms with Crippen LogP contribution < -0.4 is 10.2 Å². The van der Waals surface area contributed by atoms with Gasteiger partial charge in [-0.15, -0.1) is 0 Å². The Morgan fingerprint density at radius 1 is 1.09 bits per heavy atom. The fourth-order valence-electron chi connectivity index (χ4n) is 4.07. The summed E-state index contributed by atoms with van der Waals surface area (Å²) in [5.41, 5.74) is 1.95. The first-order valence-corrected chi connectivity index (χ1v) is 11.8. The molecule has 1 saturated heterocycles. The van der Waals surface area contributed by atoms with Crippen molar-refractivity contribution in [1.29, 1.82) is 0 Å². The molecule has 0 saturated carbocycles. The number of hydrogen-bond acceptors (Lipinski definition) is 5. The van der Waals surface area contributed by atoms with Gasteiger partial charge in [0.25, 0.3) is 11.8 Å². The van der Waals surface area contributed by atoms with Crippen LogP contribution in [0, 0.1) is 0 Å². The van der Waals surface area contributed by atoms with Gasteiger partial charge >= 0.3 is 6.09 Å². The van der Waals surface area contributed by atoms with Crippen molar-refractivity contribution in [3.8, 4) is 0 Å². The van der Waals surface area contributed by atoms with Crippen LogP contribution in [0.4, 0.5) is 10.5 Å². The third kappa shape index (κ3) is 4.46. The summed E-state index contributed by atoms with van der Waals surface area (Å²) in [6.45, 7) is 5.70. The van der Waals surface area contributed by atoms with Crippen LogP contribution in [-0.4, -0.2) is 55.1 Å². The molecule has 32 heavy (non-hydrogen) atoms. The van der Waals surface area contributed by atoms with Crippen molar-refractivity contribution in [2.24, 2.45) is 0 Å². The van der Waals surface area contributed by atoms with Crippen molar-refractivity contribution in [3.05, 3.63) is 53.6 Å². The first-order chi connectivity index (χ1) is 15.5. The Hall–Kier alpha value is -3.00. The number of anilines is 1. The van der Waals surface area contributed by atoms with Crippen LogP contribution in [0.2, 0.25) is 0 Å². The van der Waals surface area contributed by atoms with E-state index in [0.29, 0.717) is 50.2 Å². The lowest BCUT2D eigenvalue weighted by molar-refractivity contribution is 0.0858. The number of amides is 3. The number of carbonyl (C=O) groups is 3. The largest absolute Gasteiger partial charge is 0.450 e. The minimum atomic E-state index is -0.300. The summed E-state index contributed by atoms with van der Waals surface area (Å²) in [7, 11) is 0. The number of carbonyl (C=O) groups excluding carboxylic acids is 3. The van der Waals surface area contributed by atoms with Gasteiger partial charge in [0, 0.05) is 41.0 Å². The maximum absolute atomic E-state index is 13.1. The number of ether oxygens (including phenoxy) is 1. The van der Waals surface area contributed by atoms with E-state index in [1.54, 1.807) is 40.6 Å². The zero-order chi connectivity index (χ0) is 22.7. The fourth-order valence-corrected chi connectivity index (χ4v) is 5.12. The predicted octanol–water partition coefficient (Wildman–Crippen LogP) is 4.17. The average molecular weight is 454 g/mol. The zero-order valence-corrected chi connectivity index (χ0v) is 19.1. The number of fused-ring (bicyclic) bond motifs is 2. The van der Waals surface area contributed by atoms with E-state index in [1.807, 2.05) is 37.3 Å². The van der Waals surface area contributed by atoms with Gasteiger partial charge in [0.15, 0.2) is 0 Å². The Balaban J connectivity index is 1.48. The Morgan fingerprint density at radius 3 is 2.56 bits per heavy atom. The highest BCUT2D eigenvalue weighted by atomic mass is 32.2. The van der Waals surface area contributed by atoms with E-state index in [0.717, 1.165) is 15.5 Å². The van der Waals surface area contributed by atoms with Crippen LogP contribution in [0.1, 0.15) is 47.4 Å². The molecule has 3 amide bonds. The molecule has 0 spiro atoms. The van der Waals surface area contributed by atoms with Crippen molar-refractivity contribution in [2.45, 2.75) is 42.5 Å². The molecule has 0 radical (unpaired) electrons. The maximum atomic E-state index is 13.1. The molecule has 4 rings (SSSR count). The van der Waals surface area contributed by atoms with Gasteiger partial charge in [0.2, 0.25) is 0 Å². The first-order valence-electron chi connectivity index (χ1n) is 11.0. The van der Waals surface area contributed by atoms with E-state index in [4.69, 9.17) is 4.74 Å². The Kier molecular flexibility index (Phi) is 6.69. The molecular formula is C24H27N3O4S. The second-order valence-corrected chi connectivity index (χ2v) is 8.85. The second kappa shape index (κ2) is 9.65. The predicted molar refractivity (Wildman–Crippen MR) is 123 cm³/mol. The van der Waals surface area contributed by atoms with Gasteiger partial charge in [0.05, 0.1) is 17.9 Å². The molecule has 2 aromatic carbocycles. The molecule has 0 atom stereocenters. The number of likely N-dealkylation sites (tertiary alicyclic amines) is 1. The number of benzene rings is 2. The number of nitrogens with zero attached hydrogens (tertiary/aromatic N) is 2. The molecular weight excluding hydrogens is 426 g/mol. The van der Waals surface area contributed by atoms with Gasteiger partial charge < -0.3 is 19.9 Å². The van der Waals surface area contributed by atoms with Crippen molar-refractivity contribution < 1.29 is 19.1 Å². The van der Waals surface area contributed by atoms with Crippen molar-refractivity contribution in [3.63, 3.8) is 0 Å². The lowest BCUT2D eigenvalue weighted by Gasteiger charge is -2.31. The Labute approximate surface area is 192 Å². The standard InChI is InChI=1S/C24H27N3O4S/c1-3-27-19-15-16(9-10-21(19)32-20-8-6-5-7-18(20)23(27)29)22(28)25-17-11-13-26(14-12-17)24(30)31-4-2/h5-10,15,17H,3-4,11-14H2,1-2H3,(H,25,28). The van der Waals surface area contributed by atoms with Crippen LogP contribution in [0.3, 0.4) is 0 Å². The Bertz CT molecular complexity index is 1030. The fraction of sp³-hybridized carbons (Fsp3) is 0.375. The zero-order valence-electron chi connectivity index (χ0n) is 18.3. The number of hydrogen-bond donors (Lipinski definition) is 1. The van der Waals surface area contributed by atoms with Gasteiger partial charge in [0.1, 0.15) is 0 Å². The topological polar surface area (TPSA) is 79.0 Å². The molecule has 168 valence electrons. The number of nitrogens with one attached hydrogen (secondary N) is 1. The monoisotopic (exact) mass is 453 g/mol. The van der Waals surface area contributed by atoms with E-state index < -0.39 is 0 Å². The van der Waals surface area contributed by atoms with E-state index in [-0.39, 0.29) is 23.9 Å². The van der Waals surface area contributed by atoms with E-state index in [1.165, 1.54) is 0 Å². The minimum Gasteiger partial charge on any atom is -0.450 e. The quantitative estimate of drug-likeness (QED) is 0.752. The van der Waals surface area contributed by atoms with Crippen molar-refractivity contribution >= 4 is 35.4 Å². The van der Waals surface area contributed by atoms with Gasteiger partial charge in [-0.3, -0.25) is 9.59 Å². The van der Waals surface area contributed by atoms with E-state index in [9.17, 15) is 14.4 Å². The summed E-state index contributed by atoms with van der Waals surface area (Å²) in [5.74, 6) is -0.226. The van der Waals surface area contributed by atoms with Gasteiger partial charge in [-0.05, 0) is 57.0 Å². The van der Waals surface area contributed by atoms with Crippen molar-refractivity contribution in [2.75, 3.05) is 31.1 Å². The summed E-state index contributed by atoms with van der Waals surface area (Å²) in [5, 5.41) is 3.08. The molecule has 8 heteroatoms. The van der Waals surface area contributed by atoms with Crippen LogP contribution in [-0.2, 0) is 4.74 Å². The van der Waals surface area contributed by atoms with Gasteiger partial charge in [-0.1, -0.05) is 23.9 Å². The molecule has 2 aromatic rings. The SMILES string of the molecule is CCOC(=O)N1CCC(NC(=O)c2ccc3c(c2)N(CC)C(=O)c2ccccc2S3)CC1. The summed E-state index contributed by atoms with van der Waals surface area (Å²) in [4.78, 5) is 43.2. The molecule has 2 heterocycles. The molecule has 0 aliphatic carbocycles. The molecule has 0 bridgehead atoms. The van der Waals surface area contributed by atoms with Crippen molar-refractivity contribution in [1.82, 2.24) is 10.2 Å². The molecule has 0 unspecified atom stereocenters. The summed E-state index contributed by atoms with van der Waals surface area (Å²) < 4.78 is 5.05. The van der Waals surface area contributed by atoms with E-state index >= 15 is 0 Å². The van der Waals surface area contributed by atoms with Crippen LogP contribution in [0.15, 0.2) is 52.3 Å². The van der Waals surface area contributed by atoms with Gasteiger partial charge in [-0.25, -0.2) is 4.79 Å². The normalized spacial score (nSPS) is 16.1. The van der Waals surface area contributed by atoms with Crippen LogP contribution in [0.5, 0.6) is 0 Å². The van der Waals surface area contributed by atoms with Crippen LogP contribution in [0.25, 0.3) is 0 Å². The summed E-state index contributed by atoms with van der Waals surface area (Å²) in [6.07, 6.45) is 1.06. The highest BCUT2D eigenvalue weighted by molar-refractivity contribution is 7.99. The number of piperidine rings is 1. The second-order valence-electron chi connectivity index (χ2n) is 7.76. The molecule has 2 aliphatic rings. The highest BCUT2D eigenvalue weighted by Gasteiger charge is 2.28. The molecule has 7 nitrogen and oxygen atoms in total.